The minimum absolute atomic E-state index is 0.147. The highest BCUT2D eigenvalue weighted by Crippen LogP contribution is 2.53. The number of hydrogen-bond donors (Lipinski definition) is 1. The Balaban J connectivity index is 1.27. The summed E-state index contributed by atoms with van der Waals surface area (Å²) in [6.07, 6.45) is 10.6. The Bertz CT molecular complexity index is 499. The van der Waals surface area contributed by atoms with Gasteiger partial charge < -0.3 is 10.2 Å². The molecule has 0 radical (unpaired) electrons. The van der Waals surface area contributed by atoms with Crippen molar-refractivity contribution >= 4 is 11.8 Å². The topological polar surface area (TPSA) is 49.4 Å². The number of hydrogen-bond acceptors (Lipinski definition) is 2. The first-order valence-corrected chi connectivity index (χ1v) is 9.80. The smallest absolute Gasteiger partial charge is 0.243 e. The fourth-order valence-electron chi connectivity index (χ4n) is 6.29. The Morgan fingerprint density at radius 2 is 1.52 bits per heavy atom. The average molecular weight is 316 g/mol. The van der Waals surface area contributed by atoms with E-state index < -0.39 is 0 Å². The summed E-state index contributed by atoms with van der Waals surface area (Å²) in [5, 5.41) is 3.42. The first kappa shape index (κ1) is 14.3. The third-order valence-electron chi connectivity index (χ3n) is 7.30. The van der Waals surface area contributed by atoms with E-state index in [2.05, 4.69) is 5.32 Å². The zero-order valence-electron chi connectivity index (χ0n) is 13.9. The Hall–Kier alpha value is -1.06. The van der Waals surface area contributed by atoms with E-state index in [1.165, 1.54) is 32.1 Å². The van der Waals surface area contributed by atoms with Crippen LogP contribution < -0.4 is 5.32 Å². The van der Waals surface area contributed by atoms with E-state index in [1.54, 1.807) is 0 Å². The Kier molecular flexibility index (Phi) is 3.24. The van der Waals surface area contributed by atoms with E-state index in [-0.39, 0.29) is 23.8 Å². The van der Waals surface area contributed by atoms with Crippen LogP contribution in [0.15, 0.2) is 0 Å². The number of carbonyl (C=O) groups is 2. The normalized spacial score (nSPS) is 44.6. The van der Waals surface area contributed by atoms with E-state index in [1.807, 2.05) is 4.90 Å². The van der Waals surface area contributed by atoms with Crippen molar-refractivity contribution in [2.24, 2.45) is 29.6 Å². The van der Waals surface area contributed by atoms with E-state index in [0.717, 1.165) is 44.1 Å². The van der Waals surface area contributed by atoms with Crippen LogP contribution in [0.1, 0.15) is 57.8 Å². The molecule has 1 aliphatic heterocycles. The van der Waals surface area contributed by atoms with Gasteiger partial charge in [0.05, 0.1) is 0 Å². The molecule has 0 spiro atoms. The lowest BCUT2D eigenvalue weighted by Gasteiger charge is -2.54. The summed E-state index contributed by atoms with van der Waals surface area (Å²) in [6.45, 7) is 0.787. The molecule has 0 aromatic carbocycles. The first-order valence-electron chi connectivity index (χ1n) is 9.80. The molecule has 6 rings (SSSR count). The van der Waals surface area contributed by atoms with E-state index in [4.69, 9.17) is 0 Å². The summed E-state index contributed by atoms with van der Waals surface area (Å²) < 4.78 is 0. The summed E-state index contributed by atoms with van der Waals surface area (Å²) in [7, 11) is 0. The predicted octanol–water partition coefficient (Wildman–Crippen LogP) is 2.33. The average Bonchev–Trinajstić information content (AvgIpc) is 3.26. The molecule has 6 aliphatic rings. The molecule has 0 aromatic heterocycles. The fourth-order valence-corrected chi connectivity index (χ4v) is 6.29. The van der Waals surface area contributed by atoms with E-state index in [9.17, 15) is 9.59 Å². The van der Waals surface area contributed by atoms with Crippen LogP contribution in [-0.2, 0) is 9.59 Å². The highest BCUT2D eigenvalue weighted by molar-refractivity contribution is 5.90. The largest absolute Gasteiger partial charge is 0.351 e. The lowest BCUT2D eigenvalue weighted by atomic mass is 9.54. The van der Waals surface area contributed by atoms with Crippen LogP contribution >= 0.6 is 0 Å². The summed E-state index contributed by atoms with van der Waals surface area (Å²) in [6, 6.07) is 0.217. The molecule has 0 aromatic rings. The lowest BCUT2D eigenvalue weighted by Crippen LogP contribution is -2.58. The van der Waals surface area contributed by atoms with Crippen LogP contribution in [0.5, 0.6) is 0 Å². The molecule has 6 fully saturated rings. The van der Waals surface area contributed by atoms with Crippen LogP contribution in [0.25, 0.3) is 0 Å². The van der Waals surface area contributed by atoms with Gasteiger partial charge in [-0.2, -0.15) is 0 Å². The van der Waals surface area contributed by atoms with Gasteiger partial charge in [0.15, 0.2) is 0 Å². The van der Waals surface area contributed by atoms with Crippen molar-refractivity contribution in [1.29, 1.82) is 0 Å². The van der Waals surface area contributed by atoms with Crippen molar-refractivity contribution in [1.82, 2.24) is 10.2 Å². The molecule has 1 saturated heterocycles. The molecule has 2 amide bonds. The van der Waals surface area contributed by atoms with Crippen molar-refractivity contribution in [2.75, 3.05) is 6.54 Å². The standard InChI is InChI=1S/C19H28N2O2/c22-18(16-2-1-5-21(16)19(23)13-3-4-13)20-17-14-7-11-6-12(9-14)10-15(17)8-11/h11-17H,1-10H2,(H,20,22)/t11?,12?,14?,15?,16-,17?/m0/s1. The number of rotatable bonds is 3. The van der Waals surface area contributed by atoms with Crippen LogP contribution in [0, 0.1) is 29.6 Å². The van der Waals surface area contributed by atoms with Crippen molar-refractivity contribution in [3.05, 3.63) is 0 Å². The van der Waals surface area contributed by atoms with Gasteiger partial charge in [-0.15, -0.1) is 0 Å². The minimum atomic E-state index is -0.180. The number of amides is 2. The SMILES string of the molecule is O=C(NC1C2CC3CC(C2)CC1C3)[C@@H]1CCCN1C(=O)C1CC1. The maximum atomic E-state index is 12.9. The Labute approximate surface area is 138 Å². The second-order valence-corrected chi connectivity index (χ2v) is 8.93. The predicted molar refractivity (Wildman–Crippen MR) is 86.4 cm³/mol. The summed E-state index contributed by atoms with van der Waals surface area (Å²) >= 11 is 0. The molecular weight excluding hydrogens is 288 g/mol. The van der Waals surface area contributed by atoms with Gasteiger partial charge in [0, 0.05) is 18.5 Å². The van der Waals surface area contributed by atoms with Gasteiger partial charge in [0.25, 0.3) is 0 Å². The third-order valence-corrected chi connectivity index (χ3v) is 7.30. The first-order chi connectivity index (χ1) is 11.2. The molecule has 1 heterocycles. The van der Waals surface area contributed by atoms with Gasteiger partial charge in [-0.25, -0.2) is 0 Å². The molecular formula is C19H28N2O2. The maximum absolute atomic E-state index is 12.9. The van der Waals surface area contributed by atoms with E-state index >= 15 is 0 Å². The van der Waals surface area contributed by atoms with Gasteiger partial charge in [-0.1, -0.05) is 0 Å². The highest BCUT2D eigenvalue weighted by Gasteiger charge is 2.49. The van der Waals surface area contributed by atoms with Crippen LogP contribution in [0.3, 0.4) is 0 Å². The molecule has 126 valence electrons. The quantitative estimate of drug-likeness (QED) is 0.869. The Morgan fingerprint density at radius 3 is 2.13 bits per heavy atom. The monoisotopic (exact) mass is 316 g/mol. The molecule has 0 unspecified atom stereocenters. The molecule has 1 N–H and O–H groups in total. The molecule has 4 bridgehead atoms. The molecule has 5 saturated carbocycles. The molecule has 23 heavy (non-hydrogen) atoms. The van der Waals surface area contributed by atoms with Gasteiger partial charge in [-0.3, -0.25) is 9.59 Å². The number of nitrogens with zero attached hydrogens (tertiary/aromatic N) is 1. The van der Waals surface area contributed by atoms with E-state index in [0.29, 0.717) is 17.9 Å². The third kappa shape index (κ3) is 2.40. The van der Waals surface area contributed by atoms with Crippen molar-refractivity contribution in [2.45, 2.75) is 69.9 Å². The molecule has 1 atom stereocenters. The lowest BCUT2D eigenvalue weighted by molar-refractivity contribution is -0.140. The van der Waals surface area contributed by atoms with Gasteiger partial charge in [0.1, 0.15) is 6.04 Å². The van der Waals surface area contributed by atoms with Crippen molar-refractivity contribution in [3.63, 3.8) is 0 Å². The zero-order valence-corrected chi connectivity index (χ0v) is 13.9. The summed E-state index contributed by atoms with van der Waals surface area (Å²) in [4.78, 5) is 27.2. The number of likely N-dealkylation sites (tertiary alicyclic amines) is 1. The minimum Gasteiger partial charge on any atom is -0.351 e. The summed E-state index contributed by atoms with van der Waals surface area (Å²) in [5.74, 6) is 3.91. The summed E-state index contributed by atoms with van der Waals surface area (Å²) in [5.41, 5.74) is 0. The van der Waals surface area contributed by atoms with Crippen LogP contribution in [0.4, 0.5) is 0 Å². The van der Waals surface area contributed by atoms with Gasteiger partial charge >= 0.3 is 0 Å². The van der Waals surface area contributed by atoms with Gasteiger partial charge in [-0.05, 0) is 81.5 Å². The molecule has 4 heteroatoms. The molecule has 5 aliphatic carbocycles. The Morgan fingerprint density at radius 1 is 0.870 bits per heavy atom. The number of nitrogens with one attached hydrogen (secondary N) is 1. The van der Waals surface area contributed by atoms with Crippen molar-refractivity contribution in [3.8, 4) is 0 Å². The maximum Gasteiger partial charge on any atom is 0.243 e. The van der Waals surface area contributed by atoms with Crippen LogP contribution in [-0.4, -0.2) is 35.3 Å². The second kappa shape index (κ2) is 5.22. The molecule has 4 nitrogen and oxygen atoms in total. The van der Waals surface area contributed by atoms with Gasteiger partial charge in [0.2, 0.25) is 11.8 Å². The van der Waals surface area contributed by atoms with Crippen molar-refractivity contribution < 1.29 is 9.59 Å². The van der Waals surface area contributed by atoms with Crippen LogP contribution in [0.2, 0.25) is 0 Å². The zero-order chi connectivity index (χ0) is 15.6. The fraction of sp³-hybridized carbons (Fsp3) is 0.895. The number of carbonyl (C=O) groups excluding carboxylic acids is 2. The second-order valence-electron chi connectivity index (χ2n) is 8.93. The highest BCUT2D eigenvalue weighted by atomic mass is 16.2.